The summed E-state index contributed by atoms with van der Waals surface area (Å²) in [5, 5.41) is 0. The first-order valence-corrected chi connectivity index (χ1v) is 6.07. The first-order chi connectivity index (χ1) is 7.72. The van der Waals surface area contributed by atoms with E-state index in [0.29, 0.717) is 5.92 Å². The zero-order valence-electron chi connectivity index (χ0n) is 9.95. The van der Waals surface area contributed by atoms with Gasteiger partial charge in [0.25, 0.3) is 0 Å². The first-order valence-electron chi connectivity index (χ1n) is 6.07. The highest BCUT2D eigenvalue weighted by Gasteiger charge is 2.43. The minimum atomic E-state index is -0.344. The molecule has 1 saturated carbocycles. The van der Waals surface area contributed by atoms with E-state index in [1.165, 1.54) is 24.0 Å². The largest absolute Gasteiger partial charge is 0.462 e. The summed E-state index contributed by atoms with van der Waals surface area (Å²) in [6, 6.07) is 6.54. The summed E-state index contributed by atoms with van der Waals surface area (Å²) in [7, 11) is 1.77. The Kier molecular flexibility index (Phi) is 2.21. The molecule has 2 heteroatoms. The standard InChI is InChI=1S/C14H18O2/c1-10-5-6-12-11-4-3-7-14(9-11,15-2)16-13(12)8-10/h5-6,8,11H,3-4,7,9H2,1-2H3. The van der Waals surface area contributed by atoms with Crippen molar-refractivity contribution < 1.29 is 9.47 Å². The maximum absolute atomic E-state index is 6.10. The van der Waals surface area contributed by atoms with Crippen LogP contribution in [0, 0.1) is 6.92 Å². The highest BCUT2D eigenvalue weighted by Crippen LogP contribution is 2.49. The molecule has 0 N–H and O–H groups in total. The maximum atomic E-state index is 6.10. The van der Waals surface area contributed by atoms with E-state index < -0.39 is 0 Å². The summed E-state index contributed by atoms with van der Waals surface area (Å²) in [5.74, 6) is 1.32. The lowest BCUT2D eigenvalue weighted by molar-refractivity contribution is -0.195. The molecule has 2 aliphatic rings. The van der Waals surface area contributed by atoms with Crippen LogP contribution in [-0.4, -0.2) is 12.9 Å². The van der Waals surface area contributed by atoms with Crippen molar-refractivity contribution in [1.29, 1.82) is 0 Å². The molecule has 86 valence electrons. The highest BCUT2D eigenvalue weighted by atomic mass is 16.7. The Morgan fingerprint density at radius 2 is 2.31 bits per heavy atom. The van der Waals surface area contributed by atoms with E-state index >= 15 is 0 Å². The van der Waals surface area contributed by atoms with Gasteiger partial charge in [0, 0.05) is 20.0 Å². The van der Waals surface area contributed by atoms with Crippen molar-refractivity contribution in [2.24, 2.45) is 0 Å². The second kappa shape index (κ2) is 3.49. The predicted molar refractivity (Wildman–Crippen MR) is 62.8 cm³/mol. The van der Waals surface area contributed by atoms with Gasteiger partial charge < -0.3 is 9.47 Å². The minimum Gasteiger partial charge on any atom is -0.462 e. The van der Waals surface area contributed by atoms with Gasteiger partial charge in [-0.25, -0.2) is 0 Å². The van der Waals surface area contributed by atoms with Crippen LogP contribution in [0.4, 0.5) is 0 Å². The summed E-state index contributed by atoms with van der Waals surface area (Å²) in [6.45, 7) is 2.10. The number of hydrogen-bond acceptors (Lipinski definition) is 2. The highest BCUT2D eigenvalue weighted by molar-refractivity contribution is 5.42. The van der Waals surface area contributed by atoms with Gasteiger partial charge in [0.05, 0.1) is 0 Å². The summed E-state index contributed by atoms with van der Waals surface area (Å²) in [4.78, 5) is 0. The fourth-order valence-corrected chi connectivity index (χ4v) is 3.05. The molecule has 2 atom stereocenters. The van der Waals surface area contributed by atoms with E-state index in [2.05, 4.69) is 25.1 Å². The van der Waals surface area contributed by atoms with Crippen molar-refractivity contribution in [2.75, 3.05) is 7.11 Å². The molecule has 16 heavy (non-hydrogen) atoms. The second-order valence-corrected chi connectivity index (χ2v) is 5.05. The van der Waals surface area contributed by atoms with Crippen molar-refractivity contribution in [3.8, 4) is 5.75 Å². The molecule has 1 aliphatic heterocycles. The number of rotatable bonds is 1. The summed E-state index contributed by atoms with van der Waals surface area (Å²) >= 11 is 0. The average molecular weight is 218 g/mol. The Hall–Kier alpha value is -1.02. The summed E-state index contributed by atoms with van der Waals surface area (Å²) < 4.78 is 11.7. The van der Waals surface area contributed by atoms with E-state index in [1.54, 1.807) is 7.11 Å². The molecule has 2 unspecified atom stereocenters. The van der Waals surface area contributed by atoms with Crippen LogP contribution < -0.4 is 4.74 Å². The SMILES string of the molecule is COC12CCCC(C1)c1ccc(C)cc1O2. The average Bonchev–Trinajstić information content (AvgIpc) is 2.29. The zero-order chi connectivity index (χ0) is 11.2. The van der Waals surface area contributed by atoms with Crippen LogP contribution in [0.15, 0.2) is 18.2 Å². The third-order valence-electron chi connectivity index (χ3n) is 3.94. The molecule has 0 radical (unpaired) electrons. The van der Waals surface area contributed by atoms with E-state index in [9.17, 15) is 0 Å². The summed E-state index contributed by atoms with van der Waals surface area (Å²) in [6.07, 6.45) is 4.50. The van der Waals surface area contributed by atoms with Crippen LogP contribution in [-0.2, 0) is 4.74 Å². The zero-order valence-corrected chi connectivity index (χ0v) is 9.95. The van der Waals surface area contributed by atoms with Crippen LogP contribution in [0.5, 0.6) is 5.75 Å². The normalized spacial score (nSPS) is 31.8. The molecule has 1 aromatic rings. The molecule has 0 amide bonds. The van der Waals surface area contributed by atoms with Crippen molar-refractivity contribution in [1.82, 2.24) is 0 Å². The van der Waals surface area contributed by atoms with Gasteiger partial charge >= 0.3 is 0 Å². The van der Waals surface area contributed by atoms with Crippen LogP contribution in [0.1, 0.15) is 42.7 Å². The molecule has 2 bridgehead atoms. The molecule has 0 spiro atoms. The lowest BCUT2D eigenvalue weighted by atomic mass is 9.78. The topological polar surface area (TPSA) is 18.5 Å². The maximum Gasteiger partial charge on any atom is 0.210 e. The van der Waals surface area contributed by atoms with E-state index in [1.807, 2.05) is 0 Å². The number of aryl methyl sites for hydroxylation is 1. The van der Waals surface area contributed by atoms with Gasteiger partial charge in [-0.3, -0.25) is 0 Å². The van der Waals surface area contributed by atoms with Gasteiger partial charge in [-0.1, -0.05) is 12.1 Å². The Morgan fingerprint density at radius 1 is 1.44 bits per heavy atom. The lowest BCUT2D eigenvalue weighted by Crippen LogP contribution is -2.45. The van der Waals surface area contributed by atoms with Gasteiger partial charge in [0.15, 0.2) is 0 Å². The van der Waals surface area contributed by atoms with Gasteiger partial charge in [0.1, 0.15) is 5.75 Å². The fourth-order valence-electron chi connectivity index (χ4n) is 3.05. The van der Waals surface area contributed by atoms with Crippen molar-refractivity contribution in [2.45, 2.75) is 44.3 Å². The van der Waals surface area contributed by atoms with Gasteiger partial charge in [-0.2, -0.15) is 0 Å². The third-order valence-corrected chi connectivity index (χ3v) is 3.94. The van der Waals surface area contributed by atoms with Crippen molar-refractivity contribution in [3.63, 3.8) is 0 Å². The Morgan fingerprint density at radius 3 is 3.12 bits per heavy atom. The molecule has 1 aliphatic carbocycles. The Balaban J connectivity index is 2.06. The molecule has 3 rings (SSSR count). The van der Waals surface area contributed by atoms with E-state index in [4.69, 9.17) is 9.47 Å². The number of ether oxygens (including phenoxy) is 2. The van der Waals surface area contributed by atoms with Crippen LogP contribution >= 0.6 is 0 Å². The quantitative estimate of drug-likeness (QED) is 0.719. The van der Waals surface area contributed by atoms with Crippen molar-refractivity contribution in [3.05, 3.63) is 29.3 Å². The smallest absolute Gasteiger partial charge is 0.210 e. The number of methoxy groups -OCH3 is 1. The van der Waals surface area contributed by atoms with Crippen LogP contribution in [0.2, 0.25) is 0 Å². The van der Waals surface area contributed by atoms with E-state index in [-0.39, 0.29) is 5.79 Å². The second-order valence-electron chi connectivity index (χ2n) is 5.05. The molecule has 1 aromatic carbocycles. The minimum absolute atomic E-state index is 0.344. The lowest BCUT2D eigenvalue weighted by Gasteiger charge is -2.44. The summed E-state index contributed by atoms with van der Waals surface area (Å²) in [5.41, 5.74) is 2.63. The van der Waals surface area contributed by atoms with Crippen molar-refractivity contribution >= 4 is 0 Å². The molecular weight excluding hydrogens is 200 g/mol. The van der Waals surface area contributed by atoms with Crippen LogP contribution in [0.25, 0.3) is 0 Å². The Labute approximate surface area is 96.6 Å². The number of benzene rings is 1. The molecule has 2 nitrogen and oxygen atoms in total. The monoisotopic (exact) mass is 218 g/mol. The van der Waals surface area contributed by atoms with E-state index in [0.717, 1.165) is 18.6 Å². The molecule has 0 saturated heterocycles. The van der Waals surface area contributed by atoms with Gasteiger partial charge in [-0.05, 0) is 42.9 Å². The van der Waals surface area contributed by atoms with Gasteiger partial charge in [0.2, 0.25) is 5.79 Å². The predicted octanol–water partition coefficient (Wildman–Crippen LogP) is 3.39. The fraction of sp³-hybridized carbons (Fsp3) is 0.571. The molecule has 1 fully saturated rings. The third kappa shape index (κ3) is 1.44. The molecule has 1 heterocycles. The number of hydrogen-bond donors (Lipinski definition) is 0. The number of fused-ring (bicyclic) bond motifs is 4. The Bertz CT molecular complexity index is 413. The van der Waals surface area contributed by atoms with Crippen LogP contribution in [0.3, 0.4) is 0 Å². The molecular formula is C14H18O2. The van der Waals surface area contributed by atoms with Gasteiger partial charge in [-0.15, -0.1) is 0 Å². The first kappa shape index (κ1) is 10.2. The molecule has 0 aromatic heterocycles.